The molecule has 4 N–H and O–H groups in total. The van der Waals surface area contributed by atoms with Gasteiger partial charge in [0.1, 0.15) is 0 Å². The SMILES string of the molecule is CC(O)CN(CC(C)O)CC(C)(C)C=NCC1(C)CC(N=CC(C)(C)CN(CC(C)O)CC(C)O)CC(C)(C)C1. The molecule has 0 amide bonds. The van der Waals surface area contributed by atoms with Crippen LogP contribution in [0.25, 0.3) is 0 Å². The Hall–Kier alpha value is -0.900. The van der Waals surface area contributed by atoms with Crippen molar-refractivity contribution in [2.45, 2.75) is 126 Å². The molecule has 0 heterocycles. The van der Waals surface area contributed by atoms with Gasteiger partial charge in [0.05, 0.1) is 30.5 Å². The van der Waals surface area contributed by atoms with Crippen LogP contribution in [0.4, 0.5) is 0 Å². The van der Waals surface area contributed by atoms with E-state index in [-0.39, 0.29) is 27.7 Å². The fourth-order valence-electron chi connectivity index (χ4n) is 6.76. The molecular formula is C32H64N4O4. The van der Waals surface area contributed by atoms with Gasteiger partial charge in [-0.15, -0.1) is 0 Å². The Kier molecular flexibility index (Phi) is 14.4. The number of aliphatic imine (C=N–C) groups is 2. The number of nitrogens with zero attached hydrogens (tertiary/aromatic N) is 4. The lowest BCUT2D eigenvalue weighted by molar-refractivity contribution is 0.0703. The minimum atomic E-state index is -0.448. The second-order valence-corrected chi connectivity index (χ2v) is 15.7. The molecule has 0 aromatic heterocycles. The Balaban J connectivity index is 2.92. The molecule has 1 fully saturated rings. The van der Waals surface area contributed by atoms with Crippen molar-refractivity contribution in [3.63, 3.8) is 0 Å². The summed E-state index contributed by atoms with van der Waals surface area (Å²) in [5.74, 6) is 0. The van der Waals surface area contributed by atoms with E-state index in [4.69, 9.17) is 9.98 Å². The summed E-state index contributed by atoms with van der Waals surface area (Å²) in [6.07, 6.45) is 5.51. The average molecular weight is 569 g/mol. The van der Waals surface area contributed by atoms with E-state index in [1.54, 1.807) is 27.7 Å². The Morgan fingerprint density at radius 3 is 1.52 bits per heavy atom. The minimum absolute atomic E-state index is 0.0457. The molecule has 1 rings (SSSR count). The first-order chi connectivity index (χ1) is 18.1. The Morgan fingerprint density at radius 1 is 0.725 bits per heavy atom. The van der Waals surface area contributed by atoms with Gasteiger partial charge in [-0.1, -0.05) is 48.5 Å². The molecule has 6 atom stereocenters. The fraction of sp³-hybridized carbons (Fsp3) is 0.938. The van der Waals surface area contributed by atoms with Crippen LogP contribution in [0.2, 0.25) is 0 Å². The molecule has 236 valence electrons. The summed E-state index contributed by atoms with van der Waals surface area (Å²) in [4.78, 5) is 14.3. The monoisotopic (exact) mass is 568 g/mol. The smallest absolute Gasteiger partial charge is 0.0639 e. The maximum atomic E-state index is 9.92. The second-order valence-electron chi connectivity index (χ2n) is 15.7. The zero-order valence-corrected chi connectivity index (χ0v) is 27.7. The third-order valence-corrected chi connectivity index (χ3v) is 7.32. The van der Waals surface area contributed by atoms with Crippen molar-refractivity contribution in [3.05, 3.63) is 0 Å². The molecule has 6 unspecified atom stereocenters. The predicted octanol–water partition coefficient (Wildman–Crippen LogP) is 3.89. The van der Waals surface area contributed by atoms with Crippen molar-refractivity contribution in [2.75, 3.05) is 45.8 Å². The highest BCUT2D eigenvalue weighted by atomic mass is 16.3. The number of hydrogen-bond donors (Lipinski definition) is 4. The summed E-state index contributed by atoms with van der Waals surface area (Å²) in [6, 6.07) is 0.228. The van der Waals surface area contributed by atoms with Crippen LogP contribution in [0.1, 0.15) is 95.4 Å². The fourth-order valence-corrected chi connectivity index (χ4v) is 6.76. The zero-order chi connectivity index (χ0) is 30.9. The Morgan fingerprint density at radius 2 is 1.12 bits per heavy atom. The average Bonchev–Trinajstić information content (AvgIpc) is 2.67. The van der Waals surface area contributed by atoms with Crippen LogP contribution in [-0.2, 0) is 0 Å². The van der Waals surface area contributed by atoms with E-state index >= 15 is 0 Å². The molecule has 0 radical (unpaired) electrons. The van der Waals surface area contributed by atoms with Crippen LogP contribution in [0.5, 0.6) is 0 Å². The largest absolute Gasteiger partial charge is 0.392 e. The highest BCUT2D eigenvalue weighted by Gasteiger charge is 2.41. The van der Waals surface area contributed by atoms with Gasteiger partial charge < -0.3 is 20.4 Å². The third-order valence-electron chi connectivity index (χ3n) is 7.32. The van der Waals surface area contributed by atoms with Crippen molar-refractivity contribution in [1.82, 2.24) is 9.80 Å². The van der Waals surface area contributed by atoms with Gasteiger partial charge in [0, 0.05) is 69.1 Å². The van der Waals surface area contributed by atoms with Crippen LogP contribution >= 0.6 is 0 Å². The predicted molar refractivity (Wildman–Crippen MR) is 169 cm³/mol. The van der Waals surface area contributed by atoms with Crippen molar-refractivity contribution in [2.24, 2.45) is 31.6 Å². The first-order valence-corrected chi connectivity index (χ1v) is 15.3. The molecule has 40 heavy (non-hydrogen) atoms. The van der Waals surface area contributed by atoms with Crippen molar-refractivity contribution < 1.29 is 20.4 Å². The Labute approximate surface area is 246 Å². The topological polar surface area (TPSA) is 112 Å². The van der Waals surface area contributed by atoms with Gasteiger partial charge in [0.2, 0.25) is 0 Å². The molecule has 1 aliphatic carbocycles. The summed E-state index contributed by atoms with van der Waals surface area (Å²) in [5, 5.41) is 39.7. The third kappa shape index (κ3) is 15.9. The quantitative estimate of drug-likeness (QED) is 0.198. The van der Waals surface area contributed by atoms with E-state index < -0.39 is 24.4 Å². The van der Waals surface area contributed by atoms with Crippen LogP contribution < -0.4 is 0 Å². The van der Waals surface area contributed by atoms with E-state index in [0.29, 0.717) is 26.2 Å². The number of aliphatic hydroxyl groups excluding tert-OH is 4. The maximum absolute atomic E-state index is 9.92. The van der Waals surface area contributed by atoms with Crippen LogP contribution in [0.3, 0.4) is 0 Å². The lowest BCUT2D eigenvalue weighted by Gasteiger charge is -2.45. The van der Waals surface area contributed by atoms with Gasteiger partial charge in [-0.25, -0.2) is 0 Å². The number of rotatable bonds is 17. The molecule has 0 saturated heterocycles. The molecule has 0 aromatic rings. The highest BCUT2D eigenvalue weighted by molar-refractivity contribution is 5.65. The summed E-state index contributed by atoms with van der Waals surface area (Å²) < 4.78 is 0. The van der Waals surface area contributed by atoms with E-state index in [2.05, 4.69) is 70.7 Å². The lowest BCUT2D eigenvalue weighted by atomic mass is 9.62. The van der Waals surface area contributed by atoms with Crippen molar-refractivity contribution in [3.8, 4) is 0 Å². The van der Waals surface area contributed by atoms with Crippen LogP contribution in [0, 0.1) is 21.7 Å². The number of hydrogen-bond acceptors (Lipinski definition) is 8. The normalized spacial score (nSPS) is 25.7. The van der Waals surface area contributed by atoms with E-state index in [1.807, 2.05) is 0 Å². The molecule has 8 nitrogen and oxygen atoms in total. The van der Waals surface area contributed by atoms with Crippen LogP contribution in [0.15, 0.2) is 9.98 Å². The summed E-state index contributed by atoms with van der Waals surface area (Å²) >= 11 is 0. The van der Waals surface area contributed by atoms with Gasteiger partial charge in [0.25, 0.3) is 0 Å². The van der Waals surface area contributed by atoms with Crippen molar-refractivity contribution in [1.29, 1.82) is 0 Å². The summed E-state index contributed by atoms with van der Waals surface area (Å²) in [5.41, 5.74) is -0.159. The first kappa shape index (κ1) is 37.1. The summed E-state index contributed by atoms with van der Waals surface area (Å²) in [6.45, 7) is 27.1. The molecule has 1 saturated carbocycles. The summed E-state index contributed by atoms with van der Waals surface area (Å²) in [7, 11) is 0. The standard InChI is InChI=1S/C32H64N4O4/c1-24(37)14-35(15-25(2)38)22-30(7,8)19-33-21-32(11)13-28(12-29(5,6)18-32)34-20-31(9,10)23-36(16-26(3)39)17-27(4)40/h19-20,24-28,37-40H,12-18,21-23H2,1-11H3. The molecule has 8 heteroatoms. The first-order valence-electron chi connectivity index (χ1n) is 15.3. The van der Waals surface area contributed by atoms with E-state index in [0.717, 1.165) is 38.9 Å². The van der Waals surface area contributed by atoms with Gasteiger partial charge in [-0.2, -0.15) is 0 Å². The van der Waals surface area contributed by atoms with E-state index in [1.165, 1.54) is 0 Å². The molecule has 0 bridgehead atoms. The molecule has 1 aliphatic rings. The van der Waals surface area contributed by atoms with Gasteiger partial charge >= 0.3 is 0 Å². The van der Waals surface area contributed by atoms with Gasteiger partial charge in [-0.05, 0) is 57.8 Å². The Bertz CT molecular complexity index is 772. The highest BCUT2D eigenvalue weighted by Crippen LogP contribution is 2.47. The minimum Gasteiger partial charge on any atom is -0.392 e. The molecular weight excluding hydrogens is 504 g/mol. The second kappa shape index (κ2) is 15.5. The maximum Gasteiger partial charge on any atom is 0.0639 e. The van der Waals surface area contributed by atoms with Gasteiger partial charge in [-0.3, -0.25) is 19.8 Å². The van der Waals surface area contributed by atoms with Crippen LogP contribution in [-0.4, -0.2) is 119 Å². The molecule has 0 aliphatic heterocycles. The lowest BCUT2D eigenvalue weighted by Crippen LogP contribution is -2.43. The van der Waals surface area contributed by atoms with Gasteiger partial charge in [0.15, 0.2) is 0 Å². The zero-order valence-electron chi connectivity index (χ0n) is 27.7. The molecule has 0 spiro atoms. The van der Waals surface area contributed by atoms with Crippen molar-refractivity contribution >= 4 is 12.4 Å². The number of aliphatic hydroxyl groups is 4. The molecule has 0 aromatic carbocycles. The van der Waals surface area contributed by atoms with E-state index in [9.17, 15) is 20.4 Å².